The molecule has 1 aromatic heterocycles. The summed E-state index contributed by atoms with van der Waals surface area (Å²) in [7, 11) is 3.95. The van der Waals surface area contributed by atoms with Crippen molar-refractivity contribution in [1.29, 1.82) is 0 Å². The summed E-state index contributed by atoms with van der Waals surface area (Å²) in [5.74, 6) is 2.72. The number of hydrogen-bond acceptors (Lipinski definition) is 6. The van der Waals surface area contributed by atoms with Gasteiger partial charge in [0.05, 0.1) is 0 Å². The zero-order valence-electron chi connectivity index (χ0n) is 16.4. The first-order valence-electron chi connectivity index (χ1n) is 9.47. The summed E-state index contributed by atoms with van der Waals surface area (Å²) in [5, 5.41) is 0. The van der Waals surface area contributed by atoms with Gasteiger partial charge in [0.2, 0.25) is 11.9 Å². The molecule has 26 heavy (non-hydrogen) atoms. The van der Waals surface area contributed by atoms with Crippen LogP contribution in [-0.2, 0) is 6.42 Å². The Kier molecular flexibility index (Phi) is 6.04. The SMILES string of the molecule is CC(C)c1nc(N(C)C)nc(N2CCN(CCc3ccccc3)CC2)n1. The summed E-state index contributed by atoms with van der Waals surface area (Å²) in [6.07, 6.45) is 1.11. The molecule has 0 spiro atoms. The number of benzene rings is 1. The van der Waals surface area contributed by atoms with E-state index in [4.69, 9.17) is 4.98 Å². The number of aromatic nitrogens is 3. The van der Waals surface area contributed by atoms with Crippen molar-refractivity contribution in [2.24, 2.45) is 0 Å². The van der Waals surface area contributed by atoms with Gasteiger partial charge in [-0.15, -0.1) is 0 Å². The maximum atomic E-state index is 4.72. The van der Waals surface area contributed by atoms with E-state index in [1.807, 2.05) is 19.0 Å². The molecule has 0 saturated carbocycles. The van der Waals surface area contributed by atoms with Gasteiger partial charge in [-0.3, -0.25) is 4.90 Å². The number of piperazine rings is 1. The van der Waals surface area contributed by atoms with Crippen molar-refractivity contribution in [3.8, 4) is 0 Å². The topological polar surface area (TPSA) is 48.4 Å². The van der Waals surface area contributed by atoms with E-state index in [2.05, 4.69) is 63.9 Å². The number of hydrogen-bond donors (Lipinski definition) is 0. The van der Waals surface area contributed by atoms with Gasteiger partial charge in [-0.2, -0.15) is 15.0 Å². The highest BCUT2D eigenvalue weighted by molar-refractivity contribution is 5.39. The molecule has 0 unspecified atom stereocenters. The van der Waals surface area contributed by atoms with E-state index < -0.39 is 0 Å². The largest absolute Gasteiger partial charge is 0.347 e. The van der Waals surface area contributed by atoms with Gasteiger partial charge in [0.15, 0.2) is 0 Å². The summed E-state index contributed by atoms with van der Waals surface area (Å²) in [5.41, 5.74) is 1.41. The lowest BCUT2D eigenvalue weighted by atomic mass is 10.1. The van der Waals surface area contributed by atoms with Crippen molar-refractivity contribution < 1.29 is 0 Å². The Bertz CT molecular complexity index is 666. The normalized spacial score (nSPS) is 15.5. The van der Waals surface area contributed by atoms with E-state index in [9.17, 15) is 0 Å². The summed E-state index contributed by atoms with van der Waals surface area (Å²) in [6, 6.07) is 10.7. The summed E-state index contributed by atoms with van der Waals surface area (Å²) < 4.78 is 0. The molecule has 1 aliphatic heterocycles. The summed E-state index contributed by atoms with van der Waals surface area (Å²) in [4.78, 5) is 20.7. The zero-order valence-corrected chi connectivity index (χ0v) is 16.4. The second kappa shape index (κ2) is 8.45. The van der Waals surface area contributed by atoms with Crippen molar-refractivity contribution >= 4 is 11.9 Å². The van der Waals surface area contributed by atoms with Crippen LogP contribution in [0.2, 0.25) is 0 Å². The predicted octanol–water partition coefficient (Wildman–Crippen LogP) is 2.43. The van der Waals surface area contributed by atoms with Gasteiger partial charge in [-0.05, 0) is 12.0 Å². The Morgan fingerprint density at radius 3 is 2.27 bits per heavy atom. The van der Waals surface area contributed by atoms with Crippen LogP contribution in [0, 0.1) is 0 Å². The van der Waals surface area contributed by atoms with Crippen molar-refractivity contribution in [3.05, 3.63) is 41.7 Å². The van der Waals surface area contributed by atoms with Gasteiger partial charge in [0.1, 0.15) is 5.82 Å². The summed E-state index contributed by atoms with van der Waals surface area (Å²) >= 11 is 0. The average molecular weight is 355 g/mol. The molecule has 6 heteroatoms. The zero-order chi connectivity index (χ0) is 18.5. The lowest BCUT2D eigenvalue weighted by molar-refractivity contribution is 0.259. The van der Waals surface area contributed by atoms with Crippen molar-refractivity contribution in [3.63, 3.8) is 0 Å². The quantitative estimate of drug-likeness (QED) is 0.794. The lowest BCUT2D eigenvalue weighted by Gasteiger charge is -2.35. The van der Waals surface area contributed by atoms with Gasteiger partial charge in [0, 0.05) is 52.7 Å². The Morgan fingerprint density at radius 2 is 1.65 bits per heavy atom. The number of nitrogens with zero attached hydrogens (tertiary/aromatic N) is 6. The van der Waals surface area contributed by atoms with Gasteiger partial charge in [-0.25, -0.2) is 0 Å². The maximum absolute atomic E-state index is 4.72. The van der Waals surface area contributed by atoms with E-state index in [0.717, 1.165) is 56.9 Å². The van der Waals surface area contributed by atoms with Crippen molar-refractivity contribution in [2.45, 2.75) is 26.2 Å². The highest BCUT2D eigenvalue weighted by Gasteiger charge is 2.21. The Labute approximate surface area is 156 Å². The van der Waals surface area contributed by atoms with Gasteiger partial charge in [0.25, 0.3) is 0 Å². The molecule has 0 amide bonds. The fourth-order valence-corrected chi connectivity index (χ4v) is 3.07. The van der Waals surface area contributed by atoms with Crippen LogP contribution in [0.3, 0.4) is 0 Å². The molecule has 1 aliphatic rings. The minimum atomic E-state index is 0.294. The summed E-state index contributed by atoms with van der Waals surface area (Å²) in [6.45, 7) is 9.38. The van der Waals surface area contributed by atoms with Crippen LogP contribution < -0.4 is 9.80 Å². The van der Waals surface area contributed by atoms with E-state index in [1.165, 1.54) is 5.56 Å². The molecular weight excluding hydrogens is 324 g/mol. The second-order valence-corrected chi connectivity index (χ2v) is 7.41. The highest BCUT2D eigenvalue weighted by Crippen LogP contribution is 2.19. The highest BCUT2D eigenvalue weighted by atomic mass is 15.4. The van der Waals surface area contributed by atoms with Gasteiger partial charge in [-0.1, -0.05) is 44.2 Å². The van der Waals surface area contributed by atoms with Crippen LogP contribution in [-0.4, -0.2) is 66.7 Å². The van der Waals surface area contributed by atoms with Crippen LogP contribution in [0.15, 0.2) is 30.3 Å². The fraction of sp³-hybridized carbons (Fsp3) is 0.550. The minimum Gasteiger partial charge on any atom is -0.347 e. The van der Waals surface area contributed by atoms with Crippen LogP contribution in [0.1, 0.15) is 31.2 Å². The Morgan fingerprint density at radius 1 is 0.962 bits per heavy atom. The maximum Gasteiger partial charge on any atom is 0.230 e. The molecule has 2 aromatic rings. The molecule has 140 valence electrons. The van der Waals surface area contributed by atoms with Crippen LogP contribution >= 0.6 is 0 Å². The number of anilines is 2. The molecule has 1 aromatic carbocycles. The van der Waals surface area contributed by atoms with Crippen molar-refractivity contribution in [1.82, 2.24) is 19.9 Å². The van der Waals surface area contributed by atoms with Crippen LogP contribution in [0.4, 0.5) is 11.9 Å². The predicted molar refractivity (Wildman–Crippen MR) is 107 cm³/mol. The molecular formula is C20H30N6. The standard InChI is InChI=1S/C20H30N6/c1-16(2)18-21-19(24(3)4)23-20(22-18)26-14-12-25(13-15-26)11-10-17-8-6-5-7-9-17/h5-9,16H,10-15H2,1-4H3. The van der Waals surface area contributed by atoms with Gasteiger partial charge < -0.3 is 9.80 Å². The molecule has 1 saturated heterocycles. The minimum absolute atomic E-state index is 0.294. The van der Waals surface area contributed by atoms with E-state index in [0.29, 0.717) is 5.92 Å². The van der Waals surface area contributed by atoms with E-state index in [-0.39, 0.29) is 0 Å². The third-order valence-corrected chi connectivity index (χ3v) is 4.76. The third kappa shape index (κ3) is 4.69. The molecule has 0 bridgehead atoms. The molecule has 6 nitrogen and oxygen atoms in total. The molecule has 0 aliphatic carbocycles. The lowest BCUT2D eigenvalue weighted by Crippen LogP contribution is -2.47. The smallest absolute Gasteiger partial charge is 0.230 e. The molecule has 0 N–H and O–H groups in total. The first-order valence-corrected chi connectivity index (χ1v) is 9.47. The first-order chi connectivity index (χ1) is 12.5. The molecule has 3 rings (SSSR count). The third-order valence-electron chi connectivity index (χ3n) is 4.76. The molecule has 0 atom stereocenters. The Hall–Kier alpha value is -2.21. The van der Waals surface area contributed by atoms with Crippen LogP contribution in [0.5, 0.6) is 0 Å². The molecule has 1 fully saturated rings. The van der Waals surface area contributed by atoms with Crippen LogP contribution in [0.25, 0.3) is 0 Å². The molecule has 0 radical (unpaired) electrons. The average Bonchev–Trinajstić information content (AvgIpc) is 2.67. The van der Waals surface area contributed by atoms with Crippen molar-refractivity contribution in [2.75, 3.05) is 56.6 Å². The van der Waals surface area contributed by atoms with E-state index >= 15 is 0 Å². The Balaban J connectivity index is 1.60. The first kappa shape index (κ1) is 18.6. The van der Waals surface area contributed by atoms with Gasteiger partial charge >= 0.3 is 0 Å². The number of rotatable bonds is 6. The second-order valence-electron chi connectivity index (χ2n) is 7.41. The monoisotopic (exact) mass is 354 g/mol. The fourth-order valence-electron chi connectivity index (χ4n) is 3.07. The van der Waals surface area contributed by atoms with E-state index in [1.54, 1.807) is 0 Å². The molecule has 2 heterocycles.